The average Bonchev–Trinajstić information content (AvgIpc) is 3.63. The maximum absolute atomic E-state index is 12.9. The van der Waals surface area contributed by atoms with Gasteiger partial charge in [-0.15, -0.1) is 0 Å². The number of carboxylic acid groups (broad SMARTS) is 1. The number of pyridine rings is 1. The zero-order chi connectivity index (χ0) is 26.6. The fourth-order valence-electron chi connectivity index (χ4n) is 4.12. The molecule has 1 aliphatic carbocycles. The number of aromatic nitrogens is 1. The third kappa shape index (κ3) is 6.73. The van der Waals surface area contributed by atoms with Crippen LogP contribution >= 0.6 is 0 Å². The molecule has 0 unspecified atom stereocenters. The van der Waals surface area contributed by atoms with Crippen molar-refractivity contribution in [2.45, 2.75) is 44.3 Å². The van der Waals surface area contributed by atoms with Gasteiger partial charge in [-0.2, -0.15) is 0 Å². The fraction of sp³-hybridized carbons (Fsp3) is 0.423. The number of furan rings is 1. The van der Waals surface area contributed by atoms with Gasteiger partial charge in [0.05, 0.1) is 23.3 Å². The second kappa shape index (κ2) is 11.4. The summed E-state index contributed by atoms with van der Waals surface area (Å²) in [5.41, 5.74) is 3.60. The van der Waals surface area contributed by atoms with E-state index in [0.717, 1.165) is 29.5 Å². The van der Waals surface area contributed by atoms with E-state index >= 15 is 0 Å². The molecule has 11 heteroatoms. The van der Waals surface area contributed by atoms with Crippen LogP contribution in [0.2, 0.25) is 0 Å². The Morgan fingerprint density at radius 1 is 1.19 bits per heavy atom. The number of aryl methyl sites for hydroxylation is 1. The van der Waals surface area contributed by atoms with Gasteiger partial charge in [0.2, 0.25) is 15.7 Å². The number of rotatable bonds is 13. The summed E-state index contributed by atoms with van der Waals surface area (Å²) >= 11 is 0. The first-order valence-electron chi connectivity index (χ1n) is 12.2. The zero-order valence-electron chi connectivity index (χ0n) is 20.9. The van der Waals surface area contributed by atoms with Crippen LogP contribution in [0.25, 0.3) is 22.4 Å². The number of amides is 1. The smallest absolute Gasteiger partial charge is 0.303 e. The summed E-state index contributed by atoms with van der Waals surface area (Å²) in [6.45, 7) is 2.41. The number of fused-ring (bicyclic) bond motifs is 1. The Kier molecular flexibility index (Phi) is 8.25. The van der Waals surface area contributed by atoms with Crippen LogP contribution < -0.4 is 10.0 Å². The summed E-state index contributed by atoms with van der Waals surface area (Å²) in [6.07, 6.45) is 2.22. The molecule has 4 rings (SSSR count). The van der Waals surface area contributed by atoms with Gasteiger partial charge in [-0.3, -0.25) is 9.59 Å². The van der Waals surface area contributed by atoms with Crippen LogP contribution in [0.4, 0.5) is 0 Å². The van der Waals surface area contributed by atoms with E-state index in [0.29, 0.717) is 28.8 Å². The molecule has 0 saturated heterocycles. The van der Waals surface area contributed by atoms with Crippen LogP contribution in [0.15, 0.2) is 34.7 Å². The molecule has 3 aromatic rings. The van der Waals surface area contributed by atoms with Gasteiger partial charge in [0.25, 0.3) is 5.91 Å². The highest BCUT2D eigenvalue weighted by Gasteiger charge is 2.31. The Morgan fingerprint density at radius 3 is 2.57 bits per heavy atom. The number of carbonyl (C=O) groups excluding carboxylic acids is 1. The first-order chi connectivity index (χ1) is 17.7. The summed E-state index contributed by atoms with van der Waals surface area (Å²) in [7, 11) is -2.17. The molecule has 1 fully saturated rings. The predicted molar refractivity (Wildman–Crippen MR) is 138 cm³/mol. The third-order valence-electron chi connectivity index (χ3n) is 6.15. The maximum atomic E-state index is 12.9. The highest BCUT2D eigenvalue weighted by Crippen LogP contribution is 2.44. The number of nitrogens with one attached hydrogen (secondary N) is 2. The Labute approximate surface area is 215 Å². The monoisotopic (exact) mass is 529 g/mol. The van der Waals surface area contributed by atoms with Crippen LogP contribution in [0.1, 0.15) is 58.8 Å². The summed E-state index contributed by atoms with van der Waals surface area (Å²) in [5, 5.41) is 11.9. The molecule has 37 heavy (non-hydrogen) atoms. The van der Waals surface area contributed by atoms with Crippen molar-refractivity contribution in [2.24, 2.45) is 0 Å². The van der Waals surface area contributed by atoms with Crippen molar-refractivity contribution in [3.8, 4) is 11.3 Å². The maximum Gasteiger partial charge on any atom is 0.303 e. The van der Waals surface area contributed by atoms with Crippen molar-refractivity contribution < 1.29 is 32.3 Å². The van der Waals surface area contributed by atoms with Gasteiger partial charge >= 0.3 is 5.97 Å². The van der Waals surface area contributed by atoms with Gasteiger partial charge in [-0.1, -0.05) is 29.8 Å². The Morgan fingerprint density at radius 2 is 1.92 bits per heavy atom. The minimum Gasteiger partial charge on any atom is -0.481 e. The second-order valence-corrected chi connectivity index (χ2v) is 11.0. The van der Waals surface area contributed by atoms with Gasteiger partial charge in [0, 0.05) is 32.2 Å². The SMILES string of the molecule is CNC(=O)c1c(-c2ccc(C)cc2)oc2nc(CS(=O)(=O)NCCOCCCC(=O)O)c(C3CC3)cc12. The van der Waals surface area contributed by atoms with Crippen molar-refractivity contribution in [3.05, 3.63) is 52.7 Å². The number of carbonyl (C=O) groups is 2. The number of sulfonamides is 1. The molecule has 10 nitrogen and oxygen atoms in total. The quantitative estimate of drug-likeness (QED) is 0.286. The Balaban J connectivity index is 1.58. The molecule has 0 spiro atoms. The average molecular weight is 530 g/mol. The molecule has 0 aliphatic heterocycles. The van der Waals surface area contributed by atoms with Crippen LogP contribution in [0.3, 0.4) is 0 Å². The third-order valence-corrected chi connectivity index (χ3v) is 7.45. The van der Waals surface area contributed by atoms with E-state index in [1.54, 1.807) is 7.05 Å². The van der Waals surface area contributed by atoms with Crippen molar-refractivity contribution >= 4 is 33.0 Å². The van der Waals surface area contributed by atoms with Gasteiger partial charge in [-0.25, -0.2) is 18.1 Å². The lowest BCUT2D eigenvalue weighted by Crippen LogP contribution is -2.29. The first kappa shape index (κ1) is 26.8. The number of ether oxygens (including phenoxy) is 1. The first-order valence-corrected chi connectivity index (χ1v) is 13.9. The topological polar surface area (TPSA) is 148 Å². The van der Waals surface area contributed by atoms with E-state index in [2.05, 4.69) is 15.0 Å². The van der Waals surface area contributed by atoms with Gasteiger partial charge in [-0.05, 0) is 43.7 Å². The largest absolute Gasteiger partial charge is 0.481 e. The van der Waals surface area contributed by atoms with Crippen LogP contribution in [0.5, 0.6) is 0 Å². The highest BCUT2D eigenvalue weighted by molar-refractivity contribution is 7.88. The summed E-state index contributed by atoms with van der Waals surface area (Å²) in [4.78, 5) is 28.0. The molecular weight excluding hydrogens is 498 g/mol. The van der Waals surface area contributed by atoms with Crippen molar-refractivity contribution in [3.63, 3.8) is 0 Å². The molecule has 3 N–H and O–H groups in total. The second-order valence-electron chi connectivity index (χ2n) is 9.17. The fourth-order valence-corrected chi connectivity index (χ4v) is 5.21. The molecule has 2 heterocycles. The van der Waals surface area contributed by atoms with Gasteiger partial charge < -0.3 is 19.6 Å². The number of aliphatic carboxylic acids is 1. The number of benzene rings is 1. The zero-order valence-corrected chi connectivity index (χ0v) is 21.7. The van der Waals surface area contributed by atoms with Crippen LogP contribution in [-0.4, -0.2) is 57.2 Å². The molecule has 1 saturated carbocycles. The lowest BCUT2D eigenvalue weighted by molar-refractivity contribution is -0.137. The minimum atomic E-state index is -3.73. The summed E-state index contributed by atoms with van der Waals surface area (Å²) in [6, 6.07) is 9.46. The molecule has 0 atom stereocenters. The molecule has 198 valence electrons. The summed E-state index contributed by atoms with van der Waals surface area (Å²) < 4.78 is 39.5. The lowest BCUT2D eigenvalue weighted by Gasteiger charge is -2.11. The van der Waals surface area contributed by atoms with Crippen LogP contribution in [-0.2, 0) is 25.3 Å². The van der Waals surface area contributed by atoms with E-state index in [-0.39, 0.29) is 49.5 Å². The summed E-state index contributed by atoms with van der Waals surface area (Å²) in [5.74, 6) is -0.950. The normalized spacial score (nSPS) is 13.7. The molecule has 1 amide bonds. The van der Waals surface area contributed by atoms with Gasteiger partial charge in [0.15, 0.2) is 0 Å². The number of nitrogens with zero attached hydrogens (tertiary/aromatic N) is 1. The molecular formula is C26H31N3O7S. The van der Waals surface area contributed by atoms with Crippen molar-refractivity contribution in [1.29, 1.82) is 0 Å². The van der Waals surface area contributed by atoms with Gasteiger partial charge in [0.1, 0.15) is 11.5 Å². The Bertz CT molecular complexity index is 1390. The van der Waals surface area contributed by atoms with E-state index < -0.39 is 16.0 Å². The van der Waals surface area contributed by atoms with Crippen molar-refractivity contribution in [2.75, 3.05) is 26.8 Å². The molecule has 1 aliphatic rings. The number of carboxylic acids is 1. The van der Waals surface area contributed by atoms with Crippen molar-refractivity contribution in [1.82, 2.24) is 15.0 Å². The molecule has 0 bridgehead atoms. The molecule has 1 aromatic carbocycles. The number of hydrogen-bond acceptors (Lipinski definition) is 7. The number of hydrogen-bond donors (Lipinski definition) is 3. The molecule has 0 radical (unpaired) electrons. The molecule has 2 aromatic heterocycles. The van der Waals surface area contributed by atoms with E-state index in [4.69, 9.17) is 14.3 Å². The highest BCUT2D eigenvalue weighted by atomic mass is 32.2. The Hall–Kier alpha value is -3.28. The van der Waals surface area contributed by atoms with E-state index in [1.807, 2.05) is 37.3 Å². The minimum absolute atomic E-state index is 0.00382. The van der Waals surface area contributed by atoms with E-state index in [9.17, 15) is 18.0 Å². The standard InChI is InChI=1S/C26H31N3O7S/c1-16-5-7-18(8-6-16)24-23(25(32)27-2)20-14-19(17-9-10-17)21(29-26(20)36-24)15-37(33,34)28-11-13-35-12-3-4-22(30)31/h5-8,14,17,28H,3-4,9-13,15H2,1-2H3,(H,27,32)(H,30,31). The van der Waals surface area contributed by atoms with Crippen LogP contribution in [0, 0.1) is 6.92 Å². The van der Waals surface area contributed by atoms with E-state index in [1.165, 1.54) is 0 Å². The lowest BCUT2D eigenvalue weighted by atomic mass is 10.0. The predicted octanol–water partition coefficient (Wildman–Crippen LogP) is 3.34.